The molecule has 1 N–H and O–H groups in total. The molecule has 7 heteroatoms. The number of aryl methyl sites for hydroxylation is 1. The van der Waals surface area contributed by atoms with Crippen molar-refractivity contribution in [1.29, 1.82) is 0 Å². The molecule has 0 aliphatic heterocycles. The van der Waals surface area contributed by atoms with Gasteiger partial charge in [0.15, 0.2) is 0 Å². The first kappa shape index (κ1) is 22.0. The minimum atomic E-state index is -3.59. The molecule has 1 unspecified atom stereocenters. The summed E-state index contributed by atoms with van der Waals surface area (Å²) in [6, 6.07) is 8.38. The molecule has 0 aliphatic carbocycles. The Morgan fingerprint density at radius 3 is 2.30 bits per heavy atom. The molecule has 2 rings (SSSR count). The highest BCUT2D eigenvalue weighted by atomic mass is 35.5. The Balaban J connectivity index is 2.27. The maximum absolute atomic E-state index is 12.6. The fourth-order valence-electron chi connectivity index (χ4n) is 3.03. The van der Waals surface area contributed by atoms with E-state index in [0.717, 1.165) is 22.4 Å². The van der Waals surface area contributed by atoms with Gasteiger partial charge in [0.2, 0.25) is 10.0 Å². The second-order valence-electron chi connectivity index (χ2n) is 6.94. The van der Waals surface area contributed by atoms with Crippen LogP contribution in [0.25, 0.3) is 0 Å². The second kappa shape index (κ2) is 8.82. The molecular weight excluding hydrogens is 405 g/mol. The van der Waals surface area contributed by atoms with Gasteiger partial charge >= 0.3 is 0 Å². The average molecular weight is 430 g/mol. The van der Waals surface area contributed by atoms with Crippen LogP contribution >= 0.6 is 23.2 Å². The van der Waals surface area contributed by atoms with E-state index in [1.54, 1.807) is 25.3 Å². The Morgan fingerprint density at radius 1 is 1.07 bits per heavy atom. The third-order valence-corrected chi connectivity index (χ3v) is 6.41. The lowest BCUT2D eigenvalue weighted by Gasteiger charge is -2.21. The predicted octanol–water partition coefficient (Wildman–Crippen LogP) is 5.61. The molecule has 0 saturated heterocycles. The van der Waals surface area contributed by atoms with Crippen LogP contribution in [0.1, 0.15) is 55.0 Å². The summed E-state index contributed by atoms with van der Waals surface area (Å²) in [5, 5.41) is 0.806. The van der Waals surface area contributed by atoms with Crippen LogP contribution in [0.3, 0.4) is 0 Å². The van der Waals surface area contributed by atoms with Crippen LogP contribution in [0.4, 0.5) is 0 Å². The van der Waals surface area contributed by atoms with Crippen LogP contribution in [0.15, 0.2) is 30.3 Å². The zero-order valence-electron chi connectivity index (χ0n) is 16.1. The summed E-state index contributed by atoms with van der Waals surface area (Å²) in [7, 11) is -1.95. The quantitative estimate of drug-likeness (QED) is 0.621. The molecule has 2 aromatic rings. The molecule has 0 aromatic heterocycles. The number of ether oxygens (including phenoxy) is 1. The van der Waals surface area contributed by atoms with Crippen molar-refractivity contribution in [3.63, 3.8) is 0 Å². The second-order valence-corrected chi connectivity index (χ2v) is 9.54. The van der Waals surface area contributed by atoms with Gasteiger partial charge in [-0.05, 0) is 66.3 Å². The number of nitrogens with one attached hydrogen (secondary N) is 1. The van der Waals surface area contributed by atoms with Gasteiger partial charge in [0.25, 0.3) is 0 Å². The number of hydrogen-bond acceptors (Lipinski definition) is 3. The van der Waals surface area contributed by atoms with E-state index in [1.165, 1.54) is 0 Å². The molecule has 0 radical (unpaired) electrons. The standard InChI is InChI=1S/C20H25Cl2NO3S/c1-12(2)17-10-18(13(3)8-20(17)26-5)14(4)23-27(24,25)11-15-6-7-16(21)9-19(15)22/h6-10,12,14,23H,11H2,1-5H3. The van der Waals surface area contributed by atoms with E-state index in [9.17, 15) is 8.42 Å². The average Bonchev–Trinajstić information content (AvgIpc) is 2.56. The molecule has 0 aliphatic rings. The van der Waals surface area contributed by atoms with E-state index in [4.69, 9.17) is 27.9 Å². The van der Waals surface area contributed by atoms with Crippen molar-refractivity contribution < 1.29 is 13.2 Å². The summed E-state index contributed by atoms with van der Waals surface area (Å²) in [5.41, 5.74) is 3.45. The van der Waals surface area contributed by atoms with E-state index < -0.39 is 10.0 Å². The number of benzene rings is 2. The van der Waals surface area contributed by atoms with Crippen molar-refractivity contribution in [3.8, 4) is 5.75 Å². The Morgan fingerprint density at radius 2 is 1.74 bits per heavy atom. The smallest absolute Gasteiger partial charge is 0.216 e. The summed E-state index contributed by atoms with van der Waals surface area (Å²) < 4.78 is 33.5. The van der Waals surface area contributed by atoms with Crippen molar-refractivity contribution in [3.05, 3.63) is 62.6 Å². The molecule has 4 nitrogen and oxygen atoms in total. The number of rotatable bonds is 7. The van der Waals surface area contributed by atoms with Crippen molar-refractivity contribution in [2.75, 3.05) is 7.11 Å². The predicted molar refractivity (Wildman–Crippen MR) is 112 cm³/mol. The first-order valence-electron chi connectivity index (χ1n) is 8.66. The van der Waals surface area contributed by atoms with Gasteiger partial charge in [-0.3, -0.25) is 0 Å². The van der Waals surface area contributed by atoms with Crippen molar-refractivity contribution in [2.45, 2.75) is 45.4 Å². The zero-order chi connectivity index (χ0) is 20.4. The molecule has 0 amide bonds. The largest absolute Gasteiger partial charge is 0.496 e. The lowest BCUT2D eigenvalue weighted by Crippen LogP contribution is -2.28. The van der Waals surface area contributed by atoms with E-state index >= 15 is 0 Å². The minimum absolute atomic E-state index is 0.209. The third-order valence-electron chi connectivity index (χ3n) is 4.42. The molecule has 1 atom stereocenters. The summed E-state index contributed by atoms with van der Waals surface area (Å²) >= 11 is 12.0. The van der Waals surface area contributed by atoms with Crippen LogP contribution in [-0.2, 0) is 15.8 Å². The van der Waals surface area contributed by atoms with Gasteiger partial charge in [-0.2, -0.15) is 0 Å². The number of hydrogen-bond donors (Lipinski definition) is 1. The molecule has 0 saturated carbocycles. The Hall–Kier alpha value is -1.27. The first-order valence-corrected chi connectivity index (χ1v) is 11.1. The highest BCUT2D eigenvalue weighted by Gasteiger charge is 2.21. The summed E-state index contributed by atoms with van der Waals surface area (Å²) in [6.07, 6.45) is 0. The molecule has 27 heavy (non-hydrogen) atoms. The molecule has 0 spiro atoms. The van der Waals surface area contributed by atoms with Crippen LogP contribution in [0.2, 0.25) is 10.0 Å². The zero-order valence-corrected chi connectivity index (χ0v) is 18.5. The third kappa shape index (κ3) is 5.61. The number of methoxy groups -OCH3 is 1. The maximum atomic E-state index is 12.6. The first-order chi connectivity index (χ1) is 12.5. The Labute approximate surface area is 171 Å². The fourth-order valence-corrected chi connectivity index (χ4v) is 4.99. The summed E-state index contributed by atoms with van der Waals surface area (Å²) in [4.78, 5) is 0. The van der Waals surface area contributed by atoms with Gasteiger partial charge in [0, 0.05) is 16.1 Å². The van der Waals surface area contributed by atoms with Crippen LogP contribution in [0, 0.1) is 6.92 Å². The molecule has 148 valence electrons. The topological polar surface area (TPSA) is 55.4 Å². The molecule has 2 aromatic carbocycles. The van der Waals surface area contributed by atoms with E-state index in [1.807, 2.05) is 26.0 Å². The van der Waals surface area contributed by atoms with Crippen molar-refractivity contribution in [2.24, 2.45) is 0 Å². The summed E-state index contributed by atoms with van der Waals surface area (Å²) in [6.45, 7) is 7.94. The van der Waals surface area contributed by atoms with Gasteiger partial charge in [-0.25, -0.2) is 13.1 Å². The van der Waals surface area contributed by atoms with E-state index in [0.29, 0.717) is 15.6 Å². The van der Waals surface area contributed by atoms with E-state index in [-0.39, 0.29) is 17.7 Å². The maximum Gasteiger partial charge on any atom is 0.216 e. The highest BCUT2D eigenvalue weighted by molar-refractivity contribution is 7.88. The lowest BCUT2D eigenvalue weighted by molar-refractivity contribution is 0.406. The van der Waals surface area contributed by atoms with Crippen molar-refractivity contribution in [1.82, 2.24) is 4.72 Å². The normalized spacial score (nSPS) is 13.0. The highest BCUT2D eigenvalue weighted by Crippen LogP contribution is 2.32. The van der Waals surface area contributed by atoms with Crippen molar-refractivity contribution >= 4 is 33.2 Å². The molecular formula is C20H25Cl2NO3S. The Bertz CT molecular complexity index is 927. The van der Waals surface area contributed by atoms with Gasteiger partial charge in [0.05, 0.1) is 12.9 Å². The van der Waals surface area contributed by atoms with Gasteiger partial charge in [0.1, 0.15) is 5.75 Å². The minimum Gasteiger partial charge on any atom is -0.496 e. The van der Waals surface area contributed by atoms with Gasteiger partial charge in [-0.15, -0.1) is 0 Å². The van der Waals surface area contributed by atoms with E-state index in [2.05, 4.69) is 18.6 Å². The summed E-state index contributed by atoms with van der Waals surface area (Å²) in [5.74, 6) is 0.866. The van der Waals surface area contributed by atoms with Crippen LogP contribution in [0.5, 0.6) is 5.75 Å². The number of sulfonamides is 1. The number of halogens is 2. The fraction of sp³-hybridized carbons (Fsp3) is 0.400. The van der Waals surface area contributed by atoms with Crippen LogP contribution in [-0.4, -0.2) is 15.5 Å². The van der Waals surface area contributed by atoms with Gasteiger partial charge < -0.3 is 4.74 Å². The Kier molecular flexibility index (Phi) is 7.20. The lowest BCUT2D eigenvalue weighted by atomic mass is 9.94. The SMILES string of the molecule is COc1cc(C)c(C(C)NS(=O)(=O)Cc2ccc(Cl)cc2Cl)cc1C(C)C. The molecule has 0 fully saturated rings. The van der Waals surface area contributed by atoms with Gasteiger partial charge in [-0.1, -0.05) is 43.1 Å². The monoisotopic (exact) mass is 429 g/mol. The molecule has 0 heterocycles. The van der Waals surface area contributed by atoms with Crippen LogP contribution < -0.4 is 9.46 Å². The molecule has 0 bridgehead atoms.